The first-order chi connectivity index (χ1) is 19.3. The molecule has 2 N–H and O–H groups in total. The minimum absolute atomic E-state index is 0.0395. The summed E-state index contributed by atoms with van der Waals surface area (Å²) in [5.41, 5.74) is 2.77. The Labute approximate surface area is 235 Å². The van der Waals surface area contributed by atoms with E-state index in [0.29, 0.717) is 16.7 Å². The summed E-state index contributed by atoms with van der Waals surface area (Å²) in [7, 11) is -3.49. The first kappa shape index (κ1) is 30.3. The van der Waals surface area contributed by atoms with Crippen molar-refractivity contribution in [3.05, 3.63) is 101 Å². The second kappa shape index (κ2) is 12.4. The van der Waals surface area contributed by atoms with E-state index in [1.807, 2.05) is 18.2 Å². The Morgan fingerprint density at radius 3 is 2.46 bits per heavy atom. The van der Waals surface area contributed by atoms with Gasteiger partial charge < -0.3 is 15.2 Å². The summed E-state index contributed by atoms with van der Waals surface area (Å²) in [5.74, 6) is -0.995. The summed E-state index contributed by atoms with van der Waals surface area (Å²) < 4.78 is 80.3. The number of aryl methyl sites for hydroxylation is 1. The van der Waals surface area contributed by atoms with Crippen LogP contribution in [-0.2, 0) is 22.7 Å². The molecular weight excluding hydrogens is 562 g/mol. The van der Waals surface area contributed by atoms with Gasteiger partial charge in [-0.3, -0.25) is 4.79 Å². The molecule has 1 amide bonds. The second-order valence-electron chi connectivity index (χ2n) is 9.86. The van der Waals surface area contributed by atoms with E-state index in [1.54, 1.807) is 12.1 Å². The van der Waals surface area contributed by atoms with Gasteiger partial charge in [0.15, 0.2) is 9.84 Å². The molecular formula is C30H29F4NO5S. The maximum Gasteiger partial charge on any atom is 0.461 e. The number of ether oxygens (including phenoxy) is 1. The maximum atomic E-state index is 13.5. The van der Waals surface area contributed by atoms with Crippen molar-refractivity contribution < 1.29 is 40.6 Å². The van der Waals surface area contributed by atoms with Gasteiger partial charge in [-0.05, 0) is 78.3 Å². The molecule has 2 unspecified atom stereocenters. The Bertz CT molecular complexity index is 1520. The van der Waals surface area contributed by atoms with E-state index in [4.69, 9.17) is 0 Å². The second-order valence-corrected chi connectivity index (χ2v) is 11.9. The van der Waals surface area contributed by atoms with Crippen LogP contribution in [0.3, 0.4) is 0 Å². The number of hydrogen-bond acceptors (Lipinski definition) is 5. The summed E-state index contributed by atoms with van der Waals surface area (Å²) in [6.07, 6.45) is -2.68. The Morgan fingerprint density at radius 2 is 1.78 bits per heavy atom. The van der Waals surface area contributed by atoms with Crippen molar-refractivity contribution in [2.24, 2.45) is 0 Å². The molecule has 0 spiro atoms. The number of carbonyl (C=O) groups excluding carboxylic acids is 1. The van der Waals surface area contributed by atoms with Gasteiger partial charge in [0.1, 0.15) is 5.75 Å². The fraction of sp³-hybridized carbons (Fsp3) is 0.300. The van der Waals surface area contributed by atoms with Crippen LogP contribution in [0.1, 0.15) is 51.6 Å². The number of nitrogens with one attached hydrogen (secondary N) is 1. The lowest BCUT2D eigenvalue weighted by Gasteiger charge is -2.26. The number of benzene rings is 3. The van der Waals surface area contributed by atoms with Crippen molar-refractivity contribution in [3.63, 3.8) is 0 Å². The molecule has 1 aliphatic rings. The molecule has 41 heavy (non-hydrogen) atoms. The number of rotatable bonds is 10. The summed E-state index contributed by atoms with van der Waals surface area (Å²) in [4.78, 5) is 13.6. The summed E-state index contributed by atoms with van der Waals surface area (Å²) in [6.45, 7) is 0. The van der Waals surface area contributed by atoms with Gasteiger partial charge in [0.25, 0.3) is 5.91 Å². The molecule has 0 aromatic heterocycles. The number of hydrogen-bond donors (Lipinski definition) is 2. The minimum Gasteiger partial charge on any atom is -0.428 e. The van der Waals surface area contributed by atoms with Gasteiger partial charge in [0.05, 0.1) is 17.0 Å². The van der Waals surface area contributed by atoms with Crippen molar-refractivity contribution in [2.75, 3.05) is 6.26 Å². The number of carbonyl (C=O) groups is 1. The van der Waals surface area contributed by atoms with E-state index >= 15 is 0 Å². The third kappa shape index (κ3) is 7.53. The van der Waals surface area contributed by atoms with Crippen LogP contribution in [-0.4, -0.2) is 44.3 Å². The summed E-state index contributed by atoms with van der Waals surface area (Å²) in [6, 6.07) is 14.9. The zero-order chi connectivity index (χ0) is 29.8. The molecule has 0 heterocycles. The van der Waals surface area contributed by atoms with Gasteiger partial charge in [-0.2, -0.15) is 17.6 Å². The minimum atomic E-state index is -4.70. The van der Waals surface area contributed by atoms with E-state index in [2.05, 4.69) is 10.1 Å². The lowest BCUT2D eigenvalue weighted by molar-refractivity contribution is -0.253. The third-order valence-electron chi connectivity index (χ3n) is 6.75. The highest BCUT2D eigenvalue weighted by Gasteiger charge is 2.44. The van der Waals surface area contributed by atoms with Crippen LogP contribution < -0.4 is 10.1 Å². The van der Waals surface area contributed by atoms with Crippen LogP contribution >= 0.6 is 0 Å². The average Bonchev–Trinajstić information content (AvgIpc) is 3.17. The van der Waals surface area contributed by atoms with E-state index in [-0.39, 0.29) is 11.3 Å². The molecule has 6 nitrogen and oxygen atoms in total. The first-order valence-electron chi connectivity index (χ1n) is 12.9. The lowest BCUT2D eigenvalue weighted by Crippen LogP contribution is -2.41. The lowest BCUT2D eigenvalue weighted by atomic mass is 9.94. The number of alkyl halides is 4. The molecule has 3 aromatic rings. The van der Waals surface area contributed by atoms with Crippen LogP contribution in [0.2, 0.25) is 0 Å². The summed E-state index contributed by atoms with van der Waals surface area (Å²) in [5, 5.41) is 14.1. The number of halogens is 4. The standard InChI is InChI=1S/C30H29F4NO5S/c1-41(38,39)23-15-13-21(14-16-23)27(36)26(18-19-7-5-10-22(17-19)40-30(33,34)29(31)32)35-28(37)25-12-6-9-20-8-3-2-4-11-24(20)25/h4-7,9-17,26-27,29,36H,2-3,8,18H2,1H3,(H,35,37). The molecule has 4 rings (SSSR count). The van der Waals surface area contributed by atoms with Crippen molar-refractivity contribution in [3.8, 4) is 5.75 Å². The van der Waals surface area contributed by atoms with E-state index in [1.165, 1.54) is 36.4 Å². The molecule has 0 aliphatic heterocycles. The van der Waals surface area contributed by atoms with Gasteiger partial charge in [0, 0.05) is 11.8 Å². The predicted molar refractivity (Wildman–Crippen MR) is 146 cm³/mol. The molecule has 0 radical (unpaired) electrons. The molecule has 0 fully saturated rings. The number of allylic oxidation sites excluding steroid dienone is 1. The Hall–Kier alpha value is -3.70. The highest BCUT2D eigenvalue weighted by atomic mass is 32.2. The Morgan fingerprint density at radius 1 is 1.07 bits per heavy atom. The molecule has 218 valence electrons. The average molecular weight is 592 g/mol. The molecule has 0 saturated heterocycles. The van der Waals surface area contributed by atoms with Crippen molar-refractivity contribution in [1.82, 2.24) is 5.32 Å². The van der Waals surface area contributed by atoms with Crippen LogP contribution in [0.4, 0.5) is 17.6 Å². The Balaban J connectivity index is 1.66. The molecule has 3 aromatic carbocycles. The predicted octanol–water partition coefficient (Wildman–Crippen LogP) is 5.75. The van der Waals surface area contributed by atoms with Crippen LogP contribution in [0, 0.1) is 0 Å². The maximum absolute atomic E-state index is 13.5. The van der Waals surface area contributed by atoms with Gasteiger partial charge in [-0.15, -0.1) is 0 Å². The fourth-order valence-corrected chi connectivity index (χ4v) is 5.29. The molecule has 11 heteroatoms. The highest BCUT2D eigenvalue weighted by molar-refractivity contribution is 7.90. The van der Waals surface area contributed by atoms with E-state index in [9.17, 15) is 35.9 Å². The third-order valence-corrected chi connectivity index (χ3v) is 7.88. The number of aliphatic hydroxyl groups excluding tert-OH is 1. The molecule has 1 aliphatic carbocycles. The Kier molecular flexibility index (Phi) is 9.18. The van der Waals surface area contributed by atoms with Gasteiger partial charge >= 0.3 is 12.5 Å². The zero-order valence-corrected chi connectivity index (χ0v) is 22.9. The monoisotopic (exact) mass is 591 g/mol. The van der Waals surface area contributed by atoms with Gasteiger partial charge in [-0.25, -0.2) is 8.42 Å². The van der Waals surface area contributed by atoms with Crippen LogP contribution in [0.25, 0.3) is 6.08 Å². The number of aliphatic hydroxyl groups is 1. The number of fused-ring (bicyclic) bond motifs is 1. The quantitative estimate of drug-likeness (QED) is 0.293. The molecule has 2 atom stereocenters. The summed E-state index contributed by atoms with van der Waals surface area (Å²) >= 11 is 0. The fourth-order valence-electron chi connectivity index (χ4n) is 4.66. The van der Waals surface area contributed by atoms with Crippen molar-refractivity contribution in [1.29, 1.82) is 0 Å². The highest BCUT2D eigenvalue weighted by Crippen LogP contribution is 2.30. The van der Waals surface area contributed by atoms with Crippen LogP contribution in [0.5, 0.6) is 5.75 Å². The van der Waals surface area contributed by atoms with Crippen LogP contribution in [0.15, 0.2) is 77.7 Å². The SMILES string of the molecule is CS(=O)(=O)c1ccc(C(O)C(Cc2cccc(OC(F)(F)C(F)F)c2)NC(=O)c2cccc3c2C=CCCC3)cc1. The normalized spacial score (nSPS) is 15.1. The zero-order valence-electron chi connectivity index (χ0n) is 22.1. The largest absolute Gasteiger partial charge is 0.461 e. The topological polar surface area (TPSA) is 92.7 Å². The molecule has 0 saturated carbocycles. The number of sulfone groups is 1. The molecule has 0 bridgehead atoms. The van der Waals surface area contributed by atoms with Gasteiger partial charge in [0.2, 0.25) is 0 Å². The first-order valence-corrected chi connectivity index (χ1v) is 14.8. The van der Waals surface area contributed by atoms with Gasteiger partial charge in [-0.1, -0.05) is 48.6 Å². The van der Waals surface area contributed by atoms with E-state index < -0.39 is 46.2 Å². The van der Waals surface area contributed by atoms with Crippen molar-refractivity contribution in [2.45, 2.75) is 55.3 Å². The number of amides is 1. The van der Waals surface area contributed by atoms with E-state index in [0.717, 1.165) is 48.8 Å². The smallest absolute Gasteiger partial charge is 0.428 e. The van der Waals surface area contributed by atoms with Crippen molar-refractivity contribution >= 4 is 21.8 Å².